The minimum atomic E-state index is -4.61. The molecule has 0 saturated carbocycles. The Morgan fingerprint density at radius 1 is 0.667 bits per heavy atom. The molecule has 0 aliphatic carbocycles. The molecule has 0 fully saturated rings. The van der Waals surface area contributed by atoms with Crippen LogP contribution in [0.1, 0.15) is 17.0 Å². The molecule has 248 valence electrons. The summed E-state index contributed by atoms with van der Waals surface area (Å²) in [6.07, 6.45) is -0.0511. The van der Waals surface area contributed by atoms with Gasteiger partial charge in [-0.05, 0) is 43.4 Å². The number of hydrogen-bond acceptors (Lipinski definition) is 6. The smallest absolute Gasteiger partial charge is 0.497 e. The second-order valence-electron chi connectivity index (χ2n) is 9.56. The number of methoxy groups -OCH3 is 1. The van der Waals surface area contributed by atoms with E-state index in [9.17, 15) is 30.7 Å². The van der Waals surface area contributed by atoms with Crippen LogP contribution in [-0.2, 0) is 26.3 Å². The first-order valence-corrected chi connectivity index (χ1v) is 13.4. The predicted octanol–water partition coefficient (Wildman–Crippen LogP) is 7.79. The third-order valence-corrected chi connectivity index (χ3v) is 5.96. The van der Waals surface area contributed by atoms with Gasteiger partial charge in [0.05, 0.1) is 18.6 Å². The summed E-state index contributed by atoms with van der Waals surface area (Å²) in [6.45, 7) is 3.76. The summed E-state index contributed by atoms with van der Waals surface area (Å²) in [5.74, 6) is -3.57. The predicted molar refractivity (Wildman–Crippen MR) is 156 cm³/mol. The first-order valence-electron chi connectivity index (χ1n) is 13.4. The molecule has 0 aliphatic heterocycles. The summed E-state index contributed by atoms with van der Waals surface area (Å²) in [5, 5.41) is 6.28. The number of alkyl halides is 3. The average Bonchev–Trinajstić information content (AvgIpc) is 3.54. The molecular formula is C33H22F7IrN6O. The SMILES string of the molecule is COc1ccnc(-c2nnc(C(F)(F)F)[n-]2)c1.Cc1ccnc(-c2[c-]cc(F)cc2F)c1.Cc1ccnc(-c2[c-]cc(F)cc2F)c1.[Ir+3]. The summed E-state index contributed by atoms with van der Waals surface area (Å²) in [6, 6.07) is 19.0. The van der Waals surface area contributed by atoms with E-state index in [-0.39, 0.29) is 42.8 Å². The van der Waals surface area contributed by atoms with Crippen LogP contribution in [-0.4, -0.2) is 32.3 Å². The maximum Gasteiger partial charge on any atom is 3.00 e. The zero-order valence-electron chi connectivity index (χ0n) is 25.1. The van der Waals surface area contributed by atoms with Gasteiger partial charge in [0.15, 0.2) is 0 Å². The third kappa shape index (κ3) is 10.2. The molecule has 48 heavy (non-hydrogen) atoms. The van der Waals surface area contributed by atoms with Gasteiger partial charge in [-0.15, -0.1) is 24.3 Å². The summed E-state index contributed by atoms with van der Waals surface area (Å²) in [7, 11) is 1.43. The molecule has 0 bridgehead atoms. The standard InChI is InChI=1S/2C12H8F2N.C9H6F3N4O.Ir/c2*1-8-4-5-15-12(6-8)10-3-2-9(13)7-11(10)14;1-17-5-2-3-13-6(4-5)7-14-8(16-15-7)9(10,11)12;/h2*2,4-7H,1H3;2-4H,1H3;/q3*-1;+3. The number of aryl methyl sites for hydroxylation is 2. The van der Waals surface area contributed by atoms with Crippen LogP contribution in [0.15, 0.2) is 79.3 Å². The van der Waals surface area contributed by atoms with Gasteiger partial charge >= 0.3 is 26.3 Å². The van der Waals surface area contributed by atoms with Crippen molar-refractivity contribution >= 4 is 0 Å². The van der Waals surface area contributed by atoms with Crippen LogP contribution in [0.4, 0.5) is 30.7 Å². The van der Waals surface area contributed by atoms with Crippen LogP contribution in [0.2, 0.25) is 0 Å². The van der Waals surface area contributed by atoms with Gasteiger partial charge in [-0.1, -0.05) is 46.5 Å². The van der Waals surface area contributed by atoms with Crippen LogP contribution in [0, 0.1) is 49.2 Å². The Morgan fingerprint density at radius 2 is 1.15 bits per heavy atom. The van der Waals surface area contributed by atoms with Gasteiger partial charge in [0.25, 0.3) is 0 Å². The molecule has 0 aliphatic rings. The van der Waals surface area contributed by atoms with Crippen molar-refractivity contribution in [2.75, 3.05) is 7.11 Å². The van der Waals surface area contributed by atoms with Crippen molar-refractivity contribution < 1.29 is 55.6 Å². The second-order valence-corrected chi connectivity index (χ2v) is 9.56. The fourth-order valence-corrected chi connectivity index (χ4v) is 3.76. The topological polar surface area (TPSA) is 87.8 Å². The molecule has 2 aromatic carbocycles. The molecule has 0 radical (unpaired) electrons. The van der Waals surface area contributed by atoms with Crippen molar-refractivity contribution in [3.05, 3.63) is 132 Å². The van der Waals surface area contributed by atoms with Crippen molar-refractivity contribution in [2.24, 2.45) is 0 Å². The van der Waals surface area contributed by atoms with Crippen LogP contribution in [0.3, 0.4) is 0 Å². The molecule has 0 amide bonds. The second kappa shape index (κ2) is 16.7. The molecule has 0 saturated heterocycles. The van der Waals surface area contributed by atoms with E-state index in [0.29, 0.717) is 17.1 Å². The van der Waals surface area contributed by atoms with Gasteiger partial charge in [0, 0.05) is 53.8 Å². The number of benzene rings is 2. The van der Waals surface area contributed by atoms with E-state index in [1.807, 2.05) is 26.0 Å². The van der Waals surface area contributed by atoms with Gasteiger partial charge < -0.3 is 29.9 Å². The van der Waals surface area contributed by atoms with Crippen LogP contribution >= 0.6 is 0 Å². The number of aromatic nitrogens is 6. The van der Waals surface area contributed by atoms with E-state index >= 15 is 0 Å². The number of hydrogen-bond donors (Lipinski definition) is 0. The Morgan fingerprint density at radius 3 is 1.56 bits per heavy atom. The molecule has 0 N–H and O–H groups in total. The Bertz CT molecular complexity index is 1880. The number of halogens is 7. The monoisotopic (exact) mass is 844 g/mol. The molecule has 15 heteroatoms. The Kier molecular flexibility index (Phi) is 13.0. The van der Waals surface area contributed by atoms with Gasteiger partial charge in [-0.2, -0.15) is 13.2 Å². The molecule has 4 heterocycles. The first kappa shape index (κ1) is 37.4. The van der Waals surface area contributed by atoms with E-state index in [1.54, 1.807) is 30.6 Å². The van der Waals surface area contributed by atoms with Crippen molar-refractivity contribution in [3.63, 3.8) is 0 Å². The zero-order valence-corrected chi connectivity index (χ0v) is 27.5. The van der Waals surface area contributed by atoms with Crippen molar-refractivity contribution in [2.45, 2.75) is 20.0 Å². The zero-order chi connectivity index (χ0) is 34.1. The van der Waals surface area contributed by atoms with Crippen molar-refractivity contribution in [1.82, 2.24) is 30.1 Å². The maximum atomic E-state index is 13.4. The molecule has 4 aromatic heterocycles. The van der Waals surface area contributed by atoms with Crippen molar-refractivity contribution in [1.29, 1.82) is 0 Å². The van der Waals surface area contributed by atoms with Gasteiger partial charge in [0.2, 0.25) is 0 Å². The van der Waals surface area contributed by atoms with Crippen LogP contribution in [0.5, 0.6) is 5.75 Å². The normalized spacial score (nSPS) is 10.5. The number of nitrogens with zero attached hydrogens (tertiary/aromatic N) is 6. The fourth-order valence-electron chi connectivity index (χ4n) is 3.76. The molecule has 6 rings (SSSR count). The maximum absolute atomic E-state index is 13.4. The molecule has 0 unspecified atom stereocenters. The molecule has 0 atom stereocenters. The number of rotatable bonds is 4. The van der Waals surface area contributed by atoms with E-state index < -0.39 is 35.3 Å². The minimum absolute atomic E-state index is 0. The Hall–Kier alpha value is -5.01. The summed E-state index contributed by atoms with van der Waals surface area (Å²) in [4.78, 5) is 15.1. The number of ether oxygens (including phenoxy) is 1. The molecule has 0 spiro atoms. The van der Waals surface area contributed by atoms with E-state index in [1.165, 1.54) is 19.4 Å². The van der Waals surface area contributed by atoms with Gasteiger partial charge in [-0.3, -0.25) is 22.5 Å². The summed E-state index contributed by atoms with van der Waals surface area (Å²) >= 11 is 0. The molecular weight excluding hydrogens is 822 g/mol. The van der Waals surface area contributed by atoms with Gasteiger partial charge in [0.1, 0.15) is 5.75 Å². The molecule has 6 aromatic rings. The summed E-state index contributed by atoms with van der Waals surface area (Å²) in [5.41, 5.74) is 3.43. The Labute approximate surface area is 283 Å². The van der Waals surface area contributed by atoms with E-state index in [2.05, 4.69) is 42.3 Å². The third-order valence-electron chi connectivity index (χ3n) is 5.96. The fraction of sp³-hybridized carbons (Fsp3) is 0.121. The first-order chi connectivity index (χ1) is 22.3. The van der Waals surface area contributed by atoms with Gasteiger partial charge in [-0.25, -0.2) is 0 Å². The average molecular weight is 844 g/mol. The molecule has 7 nitrogen and oxygen atoms in total. The Balaban J connectivity index is 0.000000194. The minimum Gasteiger partial charge on any atom is -0.497 e. The van der Waals surface area contributed by atoms with Crippen LogP contribution in [0.25, 0.3) is 34.0 Å². The number of pyridine rings is 3. The quantitative estimate of drug-likeness (QED) is 0.132. The summed E-state index contributed by atoms with van der Waals surface area (Å²) < 4.78 is 93.7. The largest absolute Gasteiger partial charge is 3.00 e. The van der Waals surface area contributed by atoms with E-state index in [0.717, 1.165) is 35.4 Å². The van der Waals surface area contributed by atoms with Crippen molar-refractivity contribution in [3.8, 4) is 39.8 Å². The van der Waals surface area contributed by atoms with E-state index in [4.69, 9.17) is 4.74 Å². The van der Waals surface area contributed by atoms with Crippen LogP contribution < -0.4 is 9.72 Å².